The van der Waals surface area contributed by atoms with Crippen molar-refractivity contribution in [2.75, 3.05) is 31.7 Å². The standard InChI is InChI=1S/C14H22N2O3S/c1-9(2)11-12(13(17)18)20-14(15-11)16(3)6-7-19-8-10-4-5-10/h9-10H,4-8H2,1-3H3,(H,17,18). The molecule has 1 N–H and O–H groups in total. The summed E-state index contributed by atoms with van der Waals surface area (Å²) in [5.41, 5.74) is 0.670. The molecule has 2 rings (SSSR count). The fourth-order valence-electron chi connectivity index (χ4n) is 1.86. The minimum atomic E-state index is -0.893. The molecule has 1 saturated carbocycles. The van der Waals surface area contributed by atoms with Gasteiger partial charge in [-0.15, -0.1) is 0 Å². The van der Waals surface area contributed by atoms with Gasteiger partial charge < -0.3 is 14.7 Å². The van der Waals surface area contributed by atoms with Crippen LogP contribution in [0, 0.1) is 5.92 Å². The lowest BCUT2D eigenvalue weighted by Gasteiger charge is -2.15. The summed E-state index contributed by atoms with van der Waals surface area (Å²) < 4.78 is 5.60. The molecule has 1 aliphatic carbocycles. The van der Waals surface area contributed by atoms with Gasteiger partial charge in [-0.25, -0.2) is 9.78 Å². The Balaban J connectivity index is 1.92. The van der Waals surface area contributed by atoms with E-state index in [9.17, 15) is 9.90 Å². The zero-order valence-corrected chi connectivity index (χ0v) is 13.1. The van der Waals surface area contributed by atoms with Crippen molar-refractivity contribution in [3.05, 3.63) is 10.6 Å². The van der Waals surface area contributed by atoms with Crippen LogP contribution in [0.15, 0.2) is 0 Å². The van der Waals surface area contributed by atoms with E-state index in [0.717, 1.165) is 24.2 Å². The smallest absolute Gasteiger partial charge is 0.347 e. The Morgan fingerprint density at radius 3 is 2.75 bits per heavy atom. The maximum Gasteiger partial charge on any atom is 0.347 e. The molecule has 1 aromatic heterocycles. The van der Waals surface area contributed by atoms with E-state index in [1.165, 1.54) is 24.2 Å². The highest BCUT2D eigenvalue weighted by Gasteiger charge is 2.22. The van der Waals surface area contributed by atoms with Gasteiger partial charge in [0.2, 0.25) is 0 Å². The van der Waals surface area contributed by atoms with Gasteiger partial charge in [-0.3, -0.25) is 0 Å². The van der Waals surface area contributed by atoms with Crippen LogP contribution in [0.2, 0.25) is 0 Å². The molecule has 20 heavy (non-hydrogen) atoms. The molecule has 1 fully saturated rings. The van der Waals surface area contributed by atoms with Gasteiger partial charge in [0, 0.05) is 20.2 Å². The van der Waals surface area contributed by atoms with Crippen LogP contribution in [0.5, 0.6) is 0 Å². The van der Waals surface area contributed by atoms with Gasteiger partial charge in [0.05, 0.1) is 12.3 Å². The second-order valence-corrected chi connectivity index (χ2v) is 6.59. The fraction of sp³-hybridized carbons (Fsp3) is 0.714. The molecule has 5 nitrogen and oxygen atoms in total. The summed E-state index contributed by atoms with van der Waals surface area (Å²) in [5.74, 6) is -0.00669. The number of aromatic carboxylic acids is 1. The first-order chi connectivity index (χ1) is 9.49. The largest absolute Gasteiger partial charge is 0.477 e. The molecule has 1 aliphatic rings. The number of hydrogen-bond acceptors (Lipinski definition) is 5. The molecule has 0 atom stereocenters. The minimum Gasteiger partial charge on any atom is -0.477 e. The highest BCUT2D eigenvalue weighted by molar-refractivity contribution is 7.17. The van der Waals surface area contributed by atoms with Crippen LogP contribution in [0.3, 0.4) is 0 Å². The van der Waals surface area contributed by atoms with Gasteiger partial charge in [-0.05, 0) is 24.7 Å². The molecular weight excluding hydrogens is 276 g/mol. The number of carbonyl (C=O) groups is 1. The van der Waals surface area contributed by atoms with Crippen LogP contribution < -0.4 is 4.90 Å². The number of carboxylic acid groups (broad SMARTS) is 1. The van der Waals surface area contributed by atoms with Crippen LogP contribution in [0.1, 0.15) is 48.0 Å². The summed E-state index contributed by atoms with van der Waals surface area (Å²) in [7, 11) is 1.93. The van der Waals surface area contributed by atoms with Crippen molar-refractivity contribution in [3.63, 3.8) is 0 Å². The molecule has 0 bridgehead atoms. The Morgan fingerprint density at radius 2 is 2.25 bits per heavy atom. The minimum absolute atomic E-state index is 0.116. The Labute approximate surface area is 123 Å². The maximum absolute atomic E-state index is 11.2. The summed E-state index contributed by atoms with van der Waals surface area (Å²) in [6.07, 6.45) is 2.59. The fourth-order valence-corrected chi connectivity index (χ4v) is 2.91. The van der Waals surface area contributed by atoms with Gasteiger partial charge in [0.1, 0.15) is 4.88 Å². The van der Waals surface area contributed by atoms with Crippen LogP contribution in [-0.4, -0.2) is 42.9 Å². The Hall–Kier alpha value is -1.14. The van der Waals surface area contributed by atoms with Gasteiger partial charge in [-0.1, -0.05) is 25.2 Å². The van der Waals surface area contributed by atoms with Gasteiger partial charge >= 0.3 is 5.97 Å². The summed E-state index contributed by atoms with van der Waals surface area (Å²) in [6, 6.07) is 0. The summed E-state index contributed by atoms with van der Waals surface area (Å²) >= 11 is 1.24. The molecule has 0 unspecified atom stereocenters. The first kappa shape index (κ1) is 15.3. The van der Waals surface area contributed by atoms with Crippen LogP contribution in [0.25, 0.3) is 0 Å². The third-order valence-corrected chi connectivity index (χ3v) is 4.50. The number of nitrogens with zero attached hydrogens (tertiary/aromatic N) is 2. The second kappa shape index (κ2) is 6.54. The molecular formula is C14H22N2O3S. The van der Waals surface area contributed by atoms with Crippen molar-refractivity contribution in [1.29, 1.82) is 0 Å². The lowest BCUT2D eigenvalue weighted by Crippen LogP contribution is -2.22. The van der Waals surface area contributed by atoms with Crippen molar-refractivity contribution in [1.82, 2.24) is 4.98 Å². The van der Waals surface area contributed by atoms with E-state index in [1.807, 2.05) is 25.8 Å². The lowest BCUT2D eigenvalue weighted by molar-refractivity contribution is 0.0700. The van der Waals surface area contributed by atoms with Crippen molar-refractivity contribution in [2.45, 2.75) is 32.6 Å². The zero-order chi connectivity index (χ0) is 14.7. The quantitative estimate of drug-likeness (QED) is 0.748. The van der Waals surface area contributed by atoms with Crippen LogP contribution >= 0.6 is 11.3 Å². The van der Waals surface area contributed by atoms with E-state index in [-0.39, 0.29) is 5.92 Å². The molecule has 0 aliphatic heterocycles. The average Bonchev–Trinajstić information content (AvgIpc) is 3.08. The van der Waals surface area contributed by atoms with E-state index in [0.29, 0.717) is 17.2 Å². The number of ether oxygens (including phenoxy) is 1. The third kappa shape index (κ3) is 3.93. The van der Waals surface area contributed by atoms with Crippen LogP contribution in [0.4, 0.5) is 5.13 Å². The van der Waals surface area contributed by atoms with Gasteiger partial charge in [0.25, 0.3) is 0 Å². The Kier molecular flexibility index (Phi) is 4.99. The number of aromatic nitrogens is 1. The number of thiazole rings is 1. The van der Waals surface area contributed by atoms with E-state index in [2.05, 4.69) is 4.98 Å². The number of carboxylic acids is 1. The highest BCUT2D eigenvalue weighted by Crippen LogP contribution is 2.30. The summed E-state index contributed by atoms with van der Waals surface area (Å²) in [5, 5.41) is 9.97. The number of anilines is 1. The van der Waals surface area contributed by atoms with Crippen molar-refractivity contribution in [3.8, 4) is 0 Å². The van der Waals surface area contributed by atoms with Crippen LogP contribution in [-0.2, 0) is 4.74 Å². The van der Waals surface area contributed by atoms with E-state index in [4.69, 9.17) is 4.74 Å². The molecule has 0 aromatic carbocycles. The van der Waals surface area contributed by atoms with Crippen molar-refractivity contribution >= 4 is 22.4 Å². The molecule has 1 aromatic rings. The molecule has 0 radical (unpaired) electrons. The average molecular weight is 298 g/mol. The second-order valence-electron chi connectivity index (χ2n) is 5.61. The predicted molar refractivity (Wildman–Crippen MR) is 80.0 cm³/mol. The number of likely N-dealkylation sites (N-methyl/N-ethyl adjacent to an activating group) is 1. The third-order valence-electron chi connectivity index (χ3n) is 3.33. The summed E-state index contributed by atoms with van der Waals surface area (Å²) in [6.45, 7) is 6.17. The molecule has 0 amide bonds. The molecule has 0 spiro atoms. The normalized spacial score (nSPS) is 14.8. The molecule has 6 heteroatoms. The number of hydrogen-bond donors (Lipinski definition) is 1. The number of rotatable bonds is 8. The molecule has 1 heterocycles. The van der Waals surface area contributed by atoms with E-state index >= 15 is 0 Å². The van der Waals surface area contributed by atoms with E-state index < -0.39 is 5.97 Å². The summed E-state index contributed by atoms with van der Waals surface area (Å²) in [4.78, 5) is 18.0. The van der Waals surface area contributed by atoms with Gasteiger partial charge in [0.15, 0.2) is 5.13 Å². The highest BCUT2D eigenvalue weighted by atomic mass is 32.1. The topological polar surface area (TPSA) is 62.7 Å². The van der Waals surface area contributed by atoms with Gasteiger partial charge in [-0.2, -0.15) is 0 Å². The monoisotopic (exact) mass is 298 g/mol. The Bertz CT molecular complexity index is 469. The maximum atomic E-state index is 11.2. The van der Waals surface area contributed by atoms with E-state index in [1.54, 1.807) is 0 Å². The van der Waals surface area contributed by atoms with Crippen molar-refractivity contribution in [2.24, 2.45) is 5.92 Å². The lowest BCUT2D eigenvalue weighted by atomic mass is 10.1. The zero-order valence-electron chi connectivity index (χ0n) is 12.3. The SMILES string of the molecule is CC(C)c1nc(N(C)CCOCC2CC2)sc1C(=O)O. The predicted octanol–water partition coefficient (Wildman–Crippen LogP) is 2.83. The van der Waals surface area contributed by atoms with Crippen molar-refractivity contribution < 1.29 is 14.6 Å². The molecule has 112 valence electrons. The molecule has 0 saturated heterocycles. The first-order valence-electron chi connectivity index (χ1n) is 7.02. The first-order valence-corrected chi connectivity index (χ1v) is 7.83. The Morgan fingerprint density at radius 1 is 1.55 bits per heavy atom.